The molecule has 0 aromatic rings. The lowest BCUT2D eigenvalue weighted by Gasteiger charge is -2.02. The summed E-state index contributed by atoms with van der Waals surface area (Å²) in [5, 5.41) is 0. The molecular formula is C7H18N4O2. The summed E-state index contributed by atoms with van der Waals surface area (Å²) >= 11 is 0. The number of hydrogen-bond acceptors (Lipinski definition) is 4. The number of rotatable bonds is 7. The van der Waals surface area contributed by atoms with Crippen LogP contribution in [0.4, 0.5) is 0 Å². The predicted octanol–water partition coefficient (Wildman–Crippen LogP) is -1.18. The second-order valence-electron chi connectivity index (χ2n) is 2.37. The molecule has 0 radical (unpaired) electrons. The minimum atomic E-state index is 0.247. The fourth-order valence-electron chi connectivity index (χ4n) is 0.656. The van der Waals surface area contributed by atoms with Crippen molar-refractivity contribution in [2.24, 2.45) is 16.6 Å². The largest absolute Gasteiger partial charge is 0.382 e. The van der Waals surface area contributed by atoms with Gasteiger partial charge in [0.15, 0.2) is 0 Å². The number of hydrogen-bond donors (Lipinski definition) is 3. The molecule has 0 aliphatic rings. The van der Waals surface area contributed by atoms with E-state index >= 15 is 0 Å². The Hall–Kier alpha value is -0.850. The highest BCUT2D eigenvalue weighted by Crippen LogP contribution is 1.84. The van der Waals surface area contributed by atoms with E-state index in [0.29, 0.717) is 26.4 Å². The first kappa shape index (κ1) is 12.2. The minimum Gasteiger partial charge on any atom is -0.382 e. The van der Waals surface area contributed by atoms with Crippen LogP contribution < -0.4 is 17.0 Å². The van der Waals surface area contributed by atoms with E-state index in [4.69, 9.17) is 21.1 Å². The smallest absolute Gasteiger partial charge is 0.203 e. The van der Waals surface area contributed by atoms with Crippen molar-refractivity contribution < 1.29 is 9.47 Å². The summed E-state index contributed by atoms with van der Waals surface area (Å²) in [4.78, 5) is 3.91. The first-order valence-electron chi connectivity index (χ1n) is 4.14. The van der Waals surface area contributed by atoms with E-state index in [1.807, 2.05) is 0 Å². The second-order valence-corrected chi connectivity index (χ2v) is 2.37. The van der Waals surface area contributed by atoms with Gasteiger partial charge in [-0.2, -0.15) is 0 Å². The quantitative estimate of drug-likeness (QED) is 0.154. The first-order valence-corrected chi connectivity index (χ1v) is 4.14. The molecule has 0 spiro atoms. The van der Waals surface area contributed by atoms with Crippen molar-refractivity contribution >= 4 is 5.96 Å². The van der Waals surface area contributed by atoms with Gasteiger partial charge in [-0.25, -0.2) is 5.84 Å². The summed E-state index contributed by atoms with van der Waals surface area (Å²) < 4.78 is 10.0. The number of nitrogens with zero attached hydrogens (tertiary/aromatic N) is 1. The van der Waals surface area contributed by atoms with E-state index in [-0.39, 0.29) is 5.96 Å². The van der Waals surface area contributed by atoms with Crippen LogP contribution in [0.5, 0.6) is 0 Å². The van der Waals surface area contributed by atoms with Crippen molar-refractivity contribution in [1.82, 2.24) is 5.43 Å². The Bertz CT molecular complexity index is 140. The molecule has 0 saturated carbocycles. The minimum absolute atomic E-state index is 0.247. The van der Waals surface area contributed by atoms with Gasteiger partial charge in [-0.05, 0) is 6.42 Å². The van der Waals surface area contributed by atoms with Crippen LogP contribution in [0.25, 0.3) is 0 Å². The highest BCUT2D eigenvalue weighted by molar-refractivity contribution is 5.76. The Balaban J connectivity index is 3.08. The standard InChI is InChI=1S/C7H18N4O2/c1-12-5-6-13-4-2-3-10-7(8)11-9/h2-6,9H2,1H3,(H3,8,10,11). The van der Waals surface area contributed by atoms with Crippen molar-refractivity contribution in [2.75, 3.05) is 33.5 Å². The van der Waals surface area contributed by atoms with Crippen LogP contribution in [-0.4, -0.2) is 39.4 Å². The molecule has 13 heavy (non-hydrogen) atoms. The molecule has 5 N–H and O–H groups in total. The summed E-state index contributed by atoms with van der Waals surface area (Å²) in [6, 6.07) is 0. The van der Waals surface area contributed by atoms with Crippen LogP contribution in [0.1, 0.15) is 6.42 Å². The highest BCUT2D eigenvalue weighted by atomic mass is 16.5. The van der Waals surface area contributed by atoms with Crippen molar-refractivity contribution in [1.29, 1.82) is 0 Å². The van der Waals surface area contributed by atoms with Gasteiger partial charge in [0.1, 0.15) is 0 Å². The van der Waals surface area contributed by atoms with Crippen molar-refractivity contribution in [3.8, 4) is 0 Å². The van der Waals surface area contributed by atoms with Crippen LogP contribution in [0.2, 0.25) is 0 Å². The zero-order chi connectivity index (χ0) is 9.94. The normalized spacial score (nSPS) is 11.7. The number of nitrogens with two attached hydrogens (primary N) is 2. The third kappa shape index (κ3) is 9.06. The van der Waals surface area contributed by atoms with Gasteiger partial charge in [-0.1, -0.05) is 0 Å². The molecule has 0 amide bonds. The summed E-state index contributed by atoms with van der Waals surface area (Å²) in [7, 11) is 1.64. The lowest BCUT2D eigenvalue weighted by molar-refractivity contribution is 0.0702. The maximum atomic E-state index is 5.29. The lowest BCUT2D eigenvalue weighted by Crippen LogP contribution is -2.37. The van der Waals surface area contributed by atoms with E-state index in [9.17, 15) is 0 Å². The number of nitrogens with one attached hydrogen (secondary N) is 1. The Morgan fingerprint density at radius 3 is 2.77 bits per heavy atom. The Morgan fingerprint density at radius 2 is 2.15 bits per heavy atom. The SMILES string of the molecule is COCCOCCCN=C(N)NN. The van der Waals surface area contributed by atoms with Gasteiger partial charge in [-0.3, -0.25) is 10.4 Å². The van der Waals surface area contributed by atoms with E-state index in [1.54, 1.807) is 7.11 Å². The predicted molar refractivity (Wildman–Crippen MR) is 51.1 cm³/mol. The molecule has 0 aliphatic carbocycles. The van der Waals surface area contributed by atoms with Crippen LogP contribution in [0, 0.1) is 0 Å². The zero-order valence-electron chi connectivity index (χ0n) is 7.95. The fourth-order valence-corrected chi connectivity index (χ4v) is 0.656. The van der Waals surface area contributed by atoms with Crippen LogP contribution >= 0.6 is 0 Å². The Kier molecular flexibility index (Phi) is 8.64. The molecule has 6 nitrogen and oxygen atoms in total. The third-order valence-corrected chi connectivity index (χ3v) is 1.31. The molecule has 0 aromatic heterocycles. The molecule has 0 bridgehead atoms. The van der Waals surface area contributed by atoms with Crippen LogP contribution in [-0.2, 0) is 9.47 Å². The third-order valence-electron chi connectivity index (χ3n) is 1.31. The molecule has 78 valence electrons. The number of guanidine groups is 1. The molecule has 0 heterocycles. The molecule has 0 unspecified atom stereocenters. The Labute approximate surface area is 78.3 Å². The average molecular weight is 190 g/mol. The second kappa shape index (κ2) is 9.24. The summed E-state index contributed by atoms with van der Waals surface area (Å²) in [6.07, 6.45) is 0.825. The highest BCUT2D eigenvalue weighted by Gasteiger charge is 1.89. The van der Waals surface area contributed by atoms with Gasteiger partial charge in [0.05, 0.1) is 13.2 Å². The lowest BCUT2D eigenvalue weighted by atomic mass is 10.4. The maximum absolute atomic E-state index is 5.29. The molecule has 0 rings (SSSR count). The van der Waals surface area contributed by atoms with E-state index < -0.39 is 0 Å². The number of methoxy groups -OCH3 is 1. The molecule has 0 fully saturated rings. The molecule has 0 saturated heterocycles. The number of hydrazine groups is 1. The van der Waals surface area contributed by atoms with Gasteiger partial charge < -0.3 is 15.2 Å². The average Bonchev–Trinajstić information content (AvgIpc) is 2.16. The van der Waals surface area contributed by atoms with Gasteiger partial charge in [0.2, 0.25) is 5.96 Å². The first-order chi connectivity index (χ1) is 6.31. The Morgan fingerprint density at radius 1 is 1.38 bits per heavy atom. The summed E-state index contributed by atoms with van der Waals surface area (Å²) in [6.45, 7) is 2.51. The maximum Gasteiger partial charge on any atom is 0.203 e. The topological polar surface area (TPSA) is 94.9 Å². The van der Waals surface area contributed by atoms with Crippen LogP contribution in [0.15, 0.2) is 4.99 Å². The number of aliphatic imine (C=N–C) groups is 1. The molecule has 6 heteroatoms. The summed E-state index contributed by atoms with van der Waals surface area (Å²) in [5.74, 6) is 5.25. The number of ether oxygens (including phenoxy) is 2. The van der Waals surface area contributed by atoms with Gasteiger partial charge >= 0.3 is 0 Å². The molecule has 0 aliphatic heterocycles. The molecule has 0 aromatic carbocycles. The van der Waals surface area contributed by atoms with Gasteiger partial charge in [-0.15, -0.1) is 0 Å². The van der Waals surface area contributed by atoms with Gasteiger partial charge in [0, 0.05) is 20.3 Å². The van der Waals surface area contributed by atoms with Crippen molar-refractivity contribution in [3.63, 3.8) is 0 Å². The van der Waals surface area contributed by atoms with Crippen molar-refractivity contribution in [2.45, 2.75) is 6.42 Å². The summed E-state index contributed by atoms with van der Waals surface area (Å²) in [5.41, 5.74) is 7.53. The molecule has 0 atom stereocenters. The van der Waals surface area contributed by atoms with Crippen LogP contribution in [0.3, 0.4) is 0 Å². The molecular weight excluding hydrogens is 172 g/mol. The van der Waals surface area contributed by atoms with E-state index in [0.717, 1.165) is 6.42 Å². The van der Waals surface area contributed by atoms with E-state index in [2.05, 4.69) is 10.4 Å². The van der Waals surface area contributed by atoms with E-state index in [1.165, 1.54) is 0 Å². The van der Waals surface area contributed by atoms with Crippen molar-refractivity contribution in [3.05, 3.63) is 0 Å². The monoisotopic (exact) mass is 190 g/mol. The van der Waals surface area contributed by atoms with Gasteiger partial charge in [0.25, 0.3) is 0 Å². The zero-order valence-corrected chi connectivity index (χ0v) is 7.95. The fraction of sp³-hybridized carbons (Fsp3) is 0.857.